The molecule has 0 atom stereocenters. The lowest BCUT2D eigenvalue weighted by atomic mass is 9.96. The summed E-state index contributed by atoms with van der Waals surface area (Å²) < 4.78 is 0. The van der Waals surface area contributed by atoms with E-state index in [1.165, 1.54) is 0 Å². The Hall–Kier alpha value is -0.860. The van der Waals surface area contributed by atoms with Crippen LogP contribution in [-0.2, 0) is 4.79 Å². The second-order valence-corrected chi connectivity index (χ2v) is 4.60. The van der Waals surface area contributed by atoms with Crippen LogP contribution in [0.25, 0.3) is 0 Å². The summed E-state index contributed by atoms with van der Waals surface area (Å²) in [6.07, 6.45) is 0. The van der Waals surface area contributed by atoms with Crippen LogP contribution in [0.2, 0.25) is 0 Å². The van der Waals surface area contributed by atoms with Crippen molar-refractivity contribution in [3.63, 3.8) is 0 Å². The molecule has 0 rings (SSSR count). The van der Waals surface area contributed by atoms with E-state index in [1.807, 2.05) is 41.5 Å². The smallest absolute Gasteiger partial charge is 0.245 e. The quantitative estimate of drug-likeness (QED) is 0.518. The third-order valence-corrected chi connectivity index (χ3v) is 1.85. The Balaban J connectivity index is 4.18. The number of nitrogens with zero attached hydrogens (tertiary/aromatic N) is 1. The molecule has 0 aliphatic heterocycles. The third-order valence-electron chi connectivity index (χ3n) is 1.85. The van der Waals surface area contributed by atoms with Gasteiger partial charge in [-0.2, -0.15) is 5.10 Å². The monoisotopic (exact) mass is 184 g/mol. The minimum absolute atomic E-state index is 0.0486. The summed E-state index contributed by atoms with van der Waals surface area (Å²) in [5.74, 6) is 0.327. The van der Waals surface area contributed by atoms with E-state index in [0.29, 0.717) is 5.92 Å². The molecule has 76 valence electrons. The molecule has 0 fully saturated rings. The van der Waals surface area contributed by atoms with Gasteiger partial charge in [-0.05, 0) is 12.8 Å². The van der Waals surface area contributed by atoms with Gasteiger partial charge >= 0.3 is 0 Å². The maximum atomic E-state index is 11.4. The number of rotatable bonds is 2. The SMILES string of the molecule is C/C(=N\NC(=O)C(C)(C)C)C(C)C. The lowest BCUT2D eigenvalue weighted by Gasteiger charge is -2.15. The predicted octanol–water partition coefficient (Wildman–Crippen LogP) is 2.18. The summed E-state index contributed by atoms with van der Waals surface area (Å²) in [7, 11) is 0. The van der Waals surface area contributed by atoms with Gasteiger partial charge in [0.05, 0.1) is 0 Å². The highest BCUT2D eigenvalue weighted by Crippen LogP contribution is 2.12. The Morgan fingerprint density at radius 2 is 1.77 bits per heavy atom. The molecule has 0 aliphatic carbocycles. The molecule has 0 saturated heterocycles. The Morgan fingerprint density at radius 3 is 2.08 bits per heavy atom. The number of carbonyl (C=O) groups is 1. The fourth-order valence-electron chi connectivity index (χ4n) is 0.436. The molecule has 0 spiro atoms. The van der Waals surface area contributed by atoms with Gasteiger partial charge in [-0.3, -0.25) is 4.79 Å². The molecule has 1 N–H and O–H groups in total. The topological polar surface area (TPSA) is 41.5 Å². The molecule has 1 amide bonds. The number of hydrogen-bond acceptors (Lipinski definition) is 2. The molecule has 0 aromatic heterocycles. The van der Waals surface area contributed by atoms with E-state index in [4.69, 9.17) is 0 Å². The Morgan fingerprint density at radius 1 is 1.31 bits per heavy atom. The fourth-order valence-corrected chi connectivity index (χ4v) is 0.436. The molecule has 0 bridgehead atoms. The number of carbonyl (C=O) groups excluding carboxylic acids is 1. The zero-order chi connectivity index (χ0) is 10.6. The van der Waals surface area contributed by atoms with Gasteiger partial charge in [-0.1, -0.05) is 34.6 Å². The predicted molar refractivity (Wildman–Crippen MR) is 55.5 cm³/mol. The first-order valence-corrected chi connectivity index (χ1v) is 4.59. The van der Waals surface area contributed by atoms with Crippen molar-refractivity contribution in [3.05, 3.63) is 0 Å². The summed E-state index contributed by atoms with van der Waals surface area (Å²) in [6.45, 7) is 11.6. The van der Waals surface area contributed by atoms with Gasteiger partial charge in [0.2, 0.25) is 5.91 Å². The van der Waals surface area contributed by atoms with E-state index in [0.717, 1.165) is 5.71 Å². The lowest BCUT2D eigenvalue weighted by molar-refractivity contribution is -0.128. The summed E-state index contributed by atoms with van der Waals surface area (Å²) in [4.78, 5) is 11.4. The van der Waals surface area contributed by atoms with Gasteiger partial charge < -0.3 is 0 Å². The van der Waals surface area contributed by atoms with Crippen LogP contribution in [0.4, 0.5) is 0 Å². The van der Waals surface area contributed by atoms with Gasteiger partial charge in [0.25, 0.3) is 0 Å². The average Bonchev–Trinajstić information content (AvgIpc) is 1.97. The zero-order valence-corrected chi connectivity index (χ0v) is 9.43. The molecular weight excluding hydrogens is 164 g/mol. The summed E-state index contributed by atoms with van der Waals surface area (Å²) in [5.41, 5.74) is 3.12. The second kappa shape index (κ2) is 4.40. The average molecular weight is 184 g/mol. The first kappa shape index (κ1) is 12.1. The summed E-state index contributed by atoms with van der Waals surface area (Å²) >= 11 is 0. The highest BCUT2D eigenvalue weighted by Gasteiger charge is 2.20. The summed E-state index contributed by atoms with van der Waals surface area (Å²) in [5, 5.41) is 4.01. The minimum atomic E-state index is -0.374. The van der Waals surface area contributed by atoms with Crippen molar-refractivity contribution in [2.24, 2.45) is 16.4 Å². The molecular formula is C10H20N2O. The number of nitrogens with one attached hydrogen (secondary N) is 1. The van der Waals surface area contributed by atoms with Crippen molar-refractivity contribution in [3.8, 4) is 0 Å². The van der Waals surface area contributed by atoms with Crippen molar-refractivity contribution >= 4 is 11.6 Å². The van der Waals surface area contributed by atoms with Gasteiger partial charge in [0.15, 0.2) is 0 Å². The largest absolute Gasteiger partial charge is 0.273 e. The van der Waals surface area contributed by atoms with E-state index in [1.54, 1.807) is 0 Å². The van der Waals surface area contributed by atoms with Crippen LogP contribution < -0.4 is 5.43 Å². The highest BCUT2D eigenvalue weighted by atomic mass is 16.2. The van der Waals surface area contributed by atoms with Crippen molar-refractivity contribution in [1.29, 1.82) is 0 Å². The van der Waals surface area contributed by atoms with Crippen LogP contribution in [0.3, 0.4) is 0 Å². The maximum Gasteiger partial charge on any atom is 0.245 e. The zero-order valence-electron chi connectivity index (χ0n) is 9.43. The molecule has 13 heavy (non-hydrogen) atoms. The molecule has 3 heteroatoms. The molecule has 0 unspecified atom stereocenters. The Labute approximate surface area is 80.6 Å². The Bertz CT molecular complexity index is 211. The van der Waals surface area contributed by atoms with Crippen LogP contribution in [0.5, 0.6) is 0 Å². The fraction of sp³-hybridized carbons (Fsp3) is 0.800. The van der Waals surface area contributed by atoms with Crippen molar-refractivity contribution in [1.82, 2.24) is 5.43 Å². The van der Waals surface area contributed by atoms with Crippen LogP contribution >= 0.6 is 0 Å². The number of amides is 1. The van der Waals surface area contributed by atoms with Crippen LogP contribution in [-0.4, -0.2) is 11.6 Å². The van der Waals surface area contributed by atoms with E-state index < -0.39 is 0 Å². The first-order valence-electron chi connectivity index (χ1n) is 4.59. The van der Waals surface area contributed by atoms with Crippen LogP contribution in [0.15, 0.2) is 5.10 Å². The first-order chi connectivity index (χ1) is 5.75. The van der Waals surface area contributed by atoms with E-state index in [2.05, 4.69) is 10.5 Å². The normalized spacial score (nSPS) is 13.3. The van der Waals surface area contributed by atoms with E-state index >= 15 is 0 Å². The standard InChI is InChI=1S/C10H20N2O/c1-7(2)8(3)11-12-9(13)10(4,5)6/h7H,1-6H3,(H,12,13)/b11-8+. The molecule has 0 aromatic carbocycles. The van der Waals surface area contributed by atoms with E-state index in [9.17, 15) is 4.79 Å². The molecule has 0 aromatic rings. The molecule has 0 heterocycles. The van der Waals surface area contributed by atoms with Gasteiger partial charge in [-0.15, -0.1) is 0 Å². The number of hydrazone groups is 1. The molecule has 0 saturated carbocycles. The van der Waals surface area contributed by atoms with Gasteiger partial charge in [-0.25, -0.2) is 5.43 Å². The van der Waals surface area contributed by atoms with Crippen LogP contribution in [0.1, 0.15) is 41.5 Å². The van der Waals surface area contributed by atoms with Crippen LogP contribution in [0, 0.1) is 11.3 Å². The molecule has 0 aliphatic rings. The van der Waals surface area contributed by atoms with Crippen molar-refractivity contribution < 1.29 is 4.79 Å². The van der Waals surface area contributed by atoms with Gasteiger partial charge in [0.1, 0.15) is 0 Å². The van der Waals surface area contributed by atoms with E-state index in [-0.39, 0.29) is 11.3 Å². The van der Waals surface area contributed by atoms with Crippen molar-refractivity contribution in [2.75, 3.05) is 0 Å². The maximum absolute atomic E-state index is 11.4. The van der Waals surface area contributed by atoms with Gasteiger partial charge in [0, 0.05) is 11.1 Å². The second-order valence-electron chi connectivity index (χ2n) is 4.60. The van der Waals surface area contributed by atoms with Crippen molar-refractivity contribution in [2.45, 2.75) is 41.5 Å². The lowest BCUT2D eigenvalue weighted by Crippen LogP contribution is -2.32. The third kappa shape index (κ3) is 4.65. The summed E-state index contributed by atoms with van der Waals surface area (Å²) in [6, 6.07) is 0. The highest BCUT2D eigenvalue weighted by molar-refractivity contribution is 5.87. The Kier molecular flexibility index (Phi) is 4.11. The number of hydrogen-bond donors (Lipinski definition) is 1. The molecule has 0 radical (unpaired) electrons. The molecule has 3 nitrogen and oxygen atoms in total. The minimum Gasteiger partial charge on any atom is -0.273 e.